The SMILES string of the molecule is CCc1ccc(NC(=O)C(C)n2cnc3sc(C)c(-c4ccc(C)c(C)c4)c3c2=O)cc1. The van der Waals surface area contributed by atoms with E-state index in [9.17, 15) is 9.59 Å². The summed E-state index contributed by atoms with van der Waals surface area (Å²) in [6.07, 6.45) is 2.42. The molecule has 0 saturated heterocycles. The highest BCUT2D eigenvalue weighted by Gasteiger charge is 2.22. The van der Waals surface area contributed by atoms with Gasteiger partial charge in [0.05, 0.1) is 11.7 Å². The van der Waals surface area contributed by atoms with Crippen LogP contribution in [0.3, 0.4) is 0 Å². The summed E-state index contributed by atoms with van der Waals surface area (Å²) < 4.78 is 1.43. The van der Waals surface area contributed by atoms with Crippen molar-refractivity contribution in [3.63, 3.8) is 0 Å². The molecule has 0 spiro atoms. The molecule has 0 bridgehead atoms. The number of hydrogen-bond donors (Lipinski definition) is 1. The third kappa shape index (κ3) is 3.98. The van der Waals surface area contributed by atoms with Crippen molar-refractivity contribution in [3.05, 3.63) is 80.7 Å². The molecule has 0 saturated carbocycles. The number of carbonyl (C=O) groups is 1. The summed E-state index contributed by atoms with van der Waals surface area (Å²) in [7, 11) is 0. The summed E-state index contributed by atoms with van der Waals surface area (Å²) in [5, 5.41) is 3.48. The molecule has 1 atom stereocenters. The Hall–Kier alpha value is -3.25. The Kier molecular flexibility index (Phi) is 5.98. The molecule has 1 N–H and O–H groups in total. The first-order valence-corrected chi connectivity index (χ1v) is 11.6. The average molecular weight is 446 g/mol. The van der Waals surface area contributed by atoms with Gasteiger partial charge in [-0.2, -0.15) is 0 Å². The van der Waals surface area contributed by atoms with E-state index in [0.29, 0.717) is 15.9 Å². The van der Waals surface area contributed by atoms with E-state index in [0.717, 1.165) is 22.4 Å². The van der Waals surface area contributed by atoms with Crippen LogP contribution < -0.4 is 10.9 Å². The molecular formula is C26H27N3O2S. The van der Waals surface area contributed by atoms with Crippen LogP contribution in [0.25, 0.3) is 21.3 Å². The third-order valence-electron chi connectivity index (χ3n) is 6.04. The average Bonchev–Trinajstić information content (AvgIpc) is 3.12. The molecule has 0 radical (unpaired) electrons. The molecule has 6 heteroatoms. The molecule has 0 fully saturated rings. The van der Waals surface area contributed by atoms with Crippen molar-refractivity contribution >= 4 is 33.1 Å². The molecule has 0 aliphatic rings. The number of benzene rings is 2. The van der Waals surface area contributed by atoms with E-state index < -0.39 is 6.04 Å². The first kappa shape index (κ1) is 22.0. The summed E-state index contributed by atoms with van der Waals surface area (Å²) in [5.74, 6) is -0.253. The van der Waals surface area contributed by atoms with Gasteiger partial charge in [-0.25, -0.2) is 4.98 Å². The van der Waals surface area contributed by atoms with E-state index in [1.807, 2.05) is 37.3 Å². The number of anilines is 1. The highest BCUT2D eigenvalue weighted by molar-refractivity contribution is 7.19. The number of aromatic nitrogens is 2. The van der Waals surface area contributed by atoms with Gasteiger partial charge in [-0.15, -0.1) is 11.3 Å². The highest BCUT2D eigenvalue weighted by Crippen LogP contribution is 2.36. The van der Waals surface area contributed by atoms with Crippen LogP contribution in [0.15, 0.2) is 53.6 Å². The number of nitrogens with one attached hydrogen (secondary N) is 1. The fourth-order valence-electron chi connectivity index (χ4n) is 3.83. The van der Waals surface area contributed by atoms with Crippen molar-refractivity contribution in [1.82, 2.24) is 9.55 Å². The predicted molar refractivity (Wildman–Crippen MR) is 133 cm³/mol. The molecule has 164 valence electrons. The monoisotopic (exact) mass is 445 g/mol. The van der Waals surface area contributed by atoms with Gasteiger partial charge in [-0.1, -0.05) is 37.3 Å². The molecule has 5 nitrogen and oxygen atoms in total. The number of aryl methyl sites for hydroxylation is 4. The predicted octanol–water partition coefficient (Wildman–Crippen LogP) is 5.81. The van der Waals surface area contributed by atoms with Crippen LogP contribution in [-0.2, 0) is 11.2 Å². The van der Waals surface area contributed by atoms with Crippen LogP contribution in [0, 0.1) is 20.8 Å². The van der Waals surface area contributed by atoms with Gasteiger partial charge in [0.25, 0.3) is 5.56 Å². The van der Waals surface area contributed by atoms with Gasteiger partial charge in [0.1, 0.15) is 10.9 Å². The summed E-state index contributed by atoms with van der Waals surface area (Å²) in [4.78, 5) is 32.7. The van der Waals surface area contributed by atoms with Crippen LogP contribution in [0.2, 0.25) is 0 Å². The van der Waals surface area contributed by atoms with Gasteiger partial charge < -0.3 is 5.32 Å². The van der Waals surface area contributed by atoms with Crippen LogP contribution in [0.5, 0.6) is 0 Å². The number of amides is 1. The second-order valence-electron chi connectivity index (χ2n) is 8.19. The Balaban J connectivity index is 1.73. The number of carbonyl (C=O) groups excluding carboxylic acids is 1. The molecule has 2 aromatic carbocycles. The van der Waals surface area contributed by atoms with Crippen LogP contribution in [-0.4, -0.2) is 15.5 Å². The zero-order valence-corrected chi connectivity index (χ0v) is 19.8. The lowest BCUT2D eigenvalue weighted by atomic mass is 9.99. The zero-order chi connectivity index (χ0) is 23.0. The van der Waals surface area contributed by atoms with Gasteiger partial charge >= 0.3 is 0 Å². The van der Waals surface area contributed by atoms with Crippen molar-refractivity contribution in [1.29, 1.82) is 0 Å². The third-order valence-corrected chi connectivity index (χ3v) is 7.05. The van der Waals surface area contributed by atoms with E-state index in [2.05, 4.69) is 43.2 Å². The smallest absolute Gasteiger partial charge is 0.263 e. The van der Waals surface area contributed by atoms with Gasteiger partial charge in [0.2, 0.25) is 5.91 Å². The number of hydrogen-bond acceptors (Lipinski definition) is 4. The minimum absolute atomic E-state index is 0.198. The molecule has 32 heavy (non-hydrogen) atoms. The lowest BCUT2D eigenvalue weighted by Crippen LogP contribution is -2.31. The Bertz CT molecular complexity index is 1370. The lowest BCUT2D eigenvalue weighted by Gasteiger charge is -2.15. The lowest BCUT2D eigenvalue weighted by molar-refractivity contribution is -0.118. The molecule has 4 aromatic rings. The quantitative estimate of drug-likeness (QED) is 0.421. The normalized spacial score (nSPS) is 12.2. The minimum Gasteiger partial charge on any atom is -0.324 e. The largest absolute Gasteiger partial charge is 0.324 e. The maximum Gasteiger partial charge on any atom is 0.263 e. The summed E-state index contributed by atoms with van der Waals surface area (Å²) in [5.41, 5.74) is 6.00. The highest BCUT2D eigenvalue weighted by atomic mass is 32.1. The van der Waals surface area contributed by atoms with E-state index >= 15 is 0 Å². The second-order valence-corrected chi connectivity index (χ2v) is 9.39. The maximum atomic E-state index is 13.5. The van der Waals surface area contributed by atoms with Gasteiger partial charge in [-0.05, 0) is 68.5 Å². The Morgan fingerprint density at radius 1 is 1.09 bits per heavy atom. The number of rotatable bonds is 5. The number of fused-ring (bicyclic) bond motifs is 1. The van der Waals surface area contributed by atoms with Crippen LogP contribution in [0.4, 0.5) is 5.69 Å². The molecule has 0 aliphatic carbocycles. The molecule has 4 rings (SSSR count). The van der Waals surface area contributed by atoms with Crippen molar-refractivity contribution in [2.24, 2.45) is 0 Å². The number of nitrogens with zero attached hydrogens (tertiary/aromatic N) is 2. The van der Waals surface area contributed by atoms with E-state index in [1.165, 1.54) is 38.9 Å². The fraction of sp³-hybridized carbons (Fsp3) is 0.269. The van der Waals surface area contributed by atoms with Crippen molar-refractivity contribution in [3.8, 4) is 11.1 Å². The first-order valence-electron chi connectivity index (χ1n) is 10.8. The molecular weight excluding hydrogens is 418 g/mol. The Labute approximate surface area is 191 Å². The molecule has 0 aliphatic heterocycles. The van der Waals surface area contributed by atoms with Crippen LogP contribution >= 0.6 is 11.3 Å². The fourth-order valence-corrected chi connectivity index (χ4v) is 4.84. The molecule has 1 amide bonds. The van der Waals surface area contributed by atoms with Crippen LogP contribution in [0.1, 0.15) is 41.5 Å². The van der Waals surface area contributed by atoms with Gasteiger partial charge in [-0.3, -0.25) is 14.2 Å². The van der Waals surface area contributed by atoms with E-state index in [1.54, 1.807) is 6.92 Å². The number of thiophene rings is 1. The van der Waals surface area contributed by atoms with Gasteiger partial charge in [0, 0.05) is 16.1 Å². The minimum atomic E-state index is -0.696. The van der Waals surface area contributed by atoms with E-state index in [-0.39, 0.29) is 11.5 Å². The molecule has 2 heterocycles. The van der Waals surface area contributed by atoms with Gasteiger partial charge in [0.15, 0.2) is 0 Å². The summed E-state index contributed by atoms with van der Waals surface area (Å²) >= 11 is 1.51. The van der Waals surface area contributed by atoms with Crippen molar-refractivity contribution in [2.75, 3.05) is 5.32 Å². The molecule has 1 unspecified atom stereocenters. The van der Waals surface area contributed by atoms with E-state index in [4.69, 9.17) is 0 Å². The maximum absolute atomic E-state index is 13.5. The molecule has 2 aromatic heterocycles. The van der Waals surface area contributed by atoms with Crippen molar-refractivity contribution in [2.45, 2.75) is 47.1 Å². The topological polar surface area (TPSA) is 64.0 Å². The Morgan fingerprint density at radius 2 is 1.81 bits per heavy atom. The summed E-state index contributed by atoms with van der Waals surface area (Å²) in [6.45, 7) is 9.96. The van der Waals surface area contributed by atoms with Crippen molar-refractivity contribution < 1.29 is 4.79 Å². The standard InChI is InChI=1S/C26H27N3O2S/c1-6-19-8-11-21(12-9-19)28-24(30)17(4)29-14-27-25-23(26(29)31)22(18(5)32-25)20-10-7-15(2)16(3)13-20/h7-14,17H,6H2,1-5H3,(H,28,30). The second kappa shape index (κ2) is 8.71. The summed E-state index contributed by atoms with van der Waals surface area (Å²) in [6, 6.07) is 13.3. The first-order chi connectivity index (χ1) is 15.3. The zero-order valence-electron chi connectivity index (χ0n) is 19.0. The Morgan fingerprint density at radius 3 is 2.47 bits per heavy atom.